The lowest BCUT2D eigenvalue weighted by Crippen LogP contribution is -2.44. The van der Waals surface area contributed by atoms with Gasteiger partial charge in [0.25, 0.3) is 0 Å². The molecule has 1 amide bonds. The van der Waals surface area contributed by atoms with Gasteiger partial charge in [-0.05, 0) is 6.92 Å². The van der Waals surface area contributed by atoms with Gasteiger partial charge in [0, 0.05) is 23.6 Å². The first-order chi connectivity index (χ1) is 6.49. The summed E-state index contributed by atoms with van der Waals surface area (Å²) in [7, 11) is 0. The van der Waals surface area contributed by atoms with E-state index in [-0.39, 0.29) is 17.4 Å². The first-order valence-electron chi connectivity index (χ1n) is 4.92. The number of carbonyl (C=O) groups excluding carboxylic acids is 1. The Hall–Kier alpha value is -1.09. The zero-order chi connectivity index (χ0) is 10.8. The number of hydrogen-bond acceptors (Lipinski definition) is 2. The molecule has 1 unspecified atom stereocenters. The van der Waals surface area contributed by atoms with Gasteiger partial charge in [-0.25, -0.2) is 0 Å². The van der Waals surface area contributed by atoms with Gasteiger partial charge in [0.1, 0.15) is 0 Å². The van der Waals surface area contributed by atoms with Crippen LogP contribution in [0.15, 0.2) is 23.8 Å². The van der Waals surface area contributed by atoms with Crippen LogP contribution in [0.4, 0.5) is 0 Å². The third kappa shape index (κ3) is 2.04. The number of amides is 1. The maximum atomic E-state index is 11.6. The molecule has 0 aromatic carbocycles. The van der Waals surface area contributed by atoms with Gasteiger partial charge in [0.2, 0.25) is 5.91 Å². The summed E-state index contributed by atoms with van der Waals surface area (Å²) in [5, 5.41) is 2.76. The molecule has 0 bridgehead atoms. The minimum atomic E-state index is -0.223. The Kier molecular flexibility index (Phi) is 3.11. The van der Waals surface area contributed by atoms with Gasteiger partial charge in [0.15, 0.2) is 0 Å². The van der Waals surface area contributed by atoms with E-state index >= 15 is 0 Å². The maximum Gasteiger partial charge on any atom is 0.248 e. The van der Waals surface area contributed by atoms with E-state index in [1.807, 2.05) is 32.9 Å². The maximum absolute atomic E-state index is 11.6. The number of nitrogens with two attached hydrogens (primary N) is 1. The average Bonchev–Trinajstić information content (AvgIpc) is 2.10. The van der Waals surface area contributed by atoms with Crippen LogP contribution in [0.1, 0.15) is 20.8 Å². The molecular formula is C11H18N2O. The number of likely N-dealkylation sites (N-methyl/N-ethyl adjacent to an activating group) is 1. The van der Waals surface area contributed by atoms with Gasteiger partial charge < -0.3 is 11.1 Å². The van der Waals surface area contributed by atoms with Crippen molar-refractivity contribution in [3.8, 4) is 0 Å². The summed E-state index contributed by atoms with van der Waals surface area (Å²) in [5.74, 6) is -0.0579. The molecule has 0 spiro atoms. The highest BCUT2D eigenvalue weighted by Crippen LogP contribution is 2.29. The van der Waals surface area contributed by atoms with Crippen molar-refractivity contribution in [2.45, 2.75) is 26.8 Å². The van der Waals surface area contributed by atoms with Gasteiger partial charge in [-0.15, -0.1) is 0 Å². The molecule has 78 valence electrons. The Morgan fingerprint density at radius 2 is 2.29 bits per heavy atom. The van der Waals surface area contributed by atoms with Crippen LogP contribution in [-0.4, -0.2) is 18.5 Å². The first kappa shape index (κ1) is 11.0. The number of rotatable bonds is 2. The number of nitrogens with one attached hydrogen (secondary N) is 1. The Balaban J connectivity index is 2.85. The van der Waals surface area contributed by atoms with E-state index in [4.69, 9.17) is 5.73 Å². The number of allylic oxidation sites excluding steroid dienone is 2. The van der Waals surface area contributed by atoms with E-state index in [0.717, 1.165) is 0 Å². The molecule has 0 aromatic rings. The van der Waals surface area contributed by atoms with E-state index < -0.39 is 0 Å². The van der Waals surface area contributed by atoms with Crippen molar-refractivity contribution < 1.29 is 4.79 Å². The zero-order valence-corrected chi connectivity index (χ0v) is 9.00. The second-order valence-electron chi connectivity index (χ2n) is 4.14. The lowest BCUT2D eigenvalue weighted by Gasteiger charge is -2.32. The van der Waals surface area contributed by atoms with Crippen molar-refractivity contribution in [3.63, 3.8) is 0 Å². The molecule has 0 radical (unpaired) electrons. The van der Waals surface area contributed by atoms with E-state index in [2.05, 4.69) is 5.32 Å². The van der Waals surface area contributed by atoms with Crippen LogP contribution in [0.25, 0.3) is 0 Å². The van der Waals surface area contributed by atoms with E-state index in [0.29, 0.717) is 12.1 Å². The Labute approximate surface area is 85.1 Å². The Morgan fingerprint density at radius 3 is 2.86 bits per heavy atom. The molecule has 0 saturated carbocycles. The van der Waals surface area contributed by atoms with Gasteiger partial charge in [-0.3, -0.25) is 4.79 Å². The normalized spacial score (nSPS) is 24.3. The molecule has 3 nitrogen and oxygen atoms in total. The largest absolute Gasteiger partial charge is 0.353 e. The van der Waals surface area contributed by atoms with Crippen LogP contribution in [0.2, 0.25) is 0 Å². The third-order valence-corrected chi connectivity index (χ3v) is 2.54. The Bertz CT molecular complexity index is 290. The minimum absolute atomic E-state index is 0.0579. The van der Waals surface area contributed by atoms with E-state index in [1.54, 1.807) is 6.08 Å². The first-order valence-corrected chi connectivity index (χ1v) is 4.92. The van der Waals surface area contributed by atoms with Crippen molar-refractivity contribution >= 4 is 5.91 Å². The predicted octanol–water partition coefficient (Wildman–Crippen LogP) is 0.972. The molecule has 0 fully saturated rings. The van der Waals surface area contributed by atoms with Crippen LogP contribution in [-0.2, 0) is 4.79 Å². The van der Waals surface area contributed by atoms with Crippen molar-refractivity contribution in [2.24, 2.45) is 11.1 Å². The molecule has 0 aliphatic heterocycles. The summed E-state index contributed by atoms with van der Waals surface area (Å²) >= 11 is 0. The zero-order valence-electron chi connectivity index (χ0n) is 9.00. The molecule has 0 saturated heterocycles. The summed E-state index contributed by atoms with van der Waals surface area (Å²) in [6, 6.07) is -0.223. The fourth-order valence-corrected chi connectivity index (χ4v) is 1.49. The van der Waals surface area contributed by atoms with Crippen molar-refractivity contribution in [1.29, 1.82) is 0 Å². The van der Waals surface area contributed by atoms with E-state index in [1.165, 1.54) is 0 Å². The predicted molar refractivity (Wildman–Crippen MR) is 57.7 cm³/mol. The van der Waals surface area contributed by atoms with Gasteiger partial charge >= 0.3 is 0 Å². The summed E-state index contributed by atoms with van der Waals surface area (Å²) in [5.41, 5.74) is 6.53. The molecule has 1 atom stereocenters. The molecule has 14 heavy (non-hydrogen) atoms. The van der Waals surface area contributed by atoms with Crippen LogP contribution in [0.3, 0.4) is 0 Å². The van der Waals surface area contributed by atoms with Crippen LogP contribution in [0.5, 0.6) is 0 Å². The standard InChI is InChI=1S/C11H18N2O/c1-4-13-10(14)8-6-5-7-11(2,3)9(8)12/h5-7,9H,4,12H2,1-3H3,(H,13,14). The van der Waals surface area contributed by atoms with Gasteiger partial charge in [-0.1, -0.05) is 32.1 Å². The van der Waals surface area contributed by atoms with Crippen LogP contribution >= 0.6 is 0 Å². The fraction of sp³-hybridized carbons (Fsp3) is 0.545. The van der Waals surface area contributed by atoms with Gasteiger partial charge in [-0.2, -0.15) is 0 Å². The summed E-state index contributed by atoms with van der Waals surface area (Å²) in [6.07, 6.45) is 5.72. The van der Waals surface area contributed by atoms with Crippen molar-refractivity contribution in [3.05, 3.63) is 23.8 Å². The van der Waals surface area contributed by atoms with E-state index in [9.17, 15) is 4.79 Å². The van der Waals surface area contributed by atoms with Crippen molar-refractivity contribution in [1.82, 2.24) is 5.32 Å². The van der Waals surface area contributed by atoms with Crippen LogP contribution in [0, 0.1) is 5.41 Å². The third-order valence-electron chi connectivity index (χ3n) is 2.54. The minimum Gasteiger partial charge on any atom is -0.353 e. The lowest BCUT2D eigenvalue weighted by molar-refractivity contribution is -0.117. The van der Waals surface area contributed by atoms with Gasteiger partial charge in [0.05, 0.1) is 0 Å². The van der Waals surface area contributed by atoms with Crippen molar-refractivity contribution in [2.75, 3.05) is 6.54 Å². The highest BCUT2D eigenvalue weighted by molar-refractivity contribution is 5.95. The SMILES string of the molecule is CCNC(=O)C1=CC=CC(C)(C)C1N. The molecule has 3 heteroatoms. The number of carbonyl (C=O) groups is 1. The fourth-order valence-electron chi connectivity index (χ4n) is 1.49. The number of hydrogen-bond donors (Lipinski definition) is 2. The van der Waals surface area contributed by atoms with Crippen LogP contribution < -0.4 is 11.1 Å². The smallest absolute Gasteiger partial charge is 0.248 e. The monoisotopic (exact) mass is 194 g/mol. The quantitative estimate of drug-likeness (QED) is 0.688. The molecule has 1 aliphatic rings. The topological polar surface area (TPSA) is 55.1 Å². The molecule has 1 rings (SSSR count). The summed E-state index contributed by atoms with van der Waals surface area (Å²) in [6.45, 7) is 6.58. The molecule has 3 N–H and O–H groups in total. The second-order valence-corrected chi connectivity index (χ2v) is 4.14. The highest BCUT2D eigenvalue weighted by Gasteiger charge is 2.31. The second kappa shape index (κ2) is 3.96. The lowest BCUT2D eigenvalue weighted by atomic mass is 9.77. The summed E-state index contributed by atoms with van der Waals surface area (Å²) in [4.78, 5) is 11.6. The molecule has 0 heterocycles. The highest BCUT2D eigenvalue weighted by atomic mass is 16.1. The average molecular weight is 194 g/mol. The molecule has 0 aromatic heterocycles. The molecular weight excluding hydrogens is 176 g/mol. The summed E-state index contributed by atoms with van der Waals surface area (Å²) < 4.78 is 0. The Morgan fingerprint density at radius 1 is 1.64 bits per heavy atom. The molecule has 1 aliphatic carbocycles.